The van der Waals surface area contributed by atoms with E-state index in [0.29, 0.717) is 0 Å². The van der Waals surface area contributed by atoms with Gasteiger partial charge < -0.3 is 9.80 Å². The molecule has 0 saturated carbocycles. The van der Waals surface area contributed by atoms with Crippen molar-refractivity contribution in [1.82, 2.24) is 0 Å². The summed E-state index contributed by atoms with van der Waals surface area (Å²) in [5.41, 5.74) is 12.3. The Morgan fingerprint density at radius 2 is 0.466 bits per heavy atom. The van der Waals surface area contributed by atoms with Gasteiger partial charge in [-0.25, -0.2) is 0 Å². The predicted molar refractivity (Wildman–Crippen MR) is 247 cm³/mol. The number of hydrogen-bond acceptors (Lipinski definition) is 3. The summed E-state index contributed by atoms with van der Waals surface area (Å²) in [4.78, 5) is 6.96. The normalized spacial score (nSPS) is 10.8. The fourth-order valence-electron chi connectivity index (χ4n) is 7.31. The van der Waals surface area contributed by atoms with Crippen molar-refractivity contribution in [2.45, 2.75) is 0 Å². The maximum absolute atomic E-state index is 2.33. The van der Waals surface area contributed by atoms with E-state index in [4.69, 9.17) is 0 Å². The van der Waals surface area contributed by atoms with Gasteiger partial charge in [0.25, 0.3) is 0 Å². The van der Waals surface area contributed by atoms with Gasteiger partial charge in [-0.05, 0) is 54.6 Å². The third-order valence-corrected chi connectivity index (χ3v) is 12.2. The molecule has 0 atom stereocenters. The summed E-state index contributed by atoms with van der Waals surface area (Å²) in [6.07, 6.45) is 0. The SMILES string of the molecule is c1ccc([Se]c2ccc(N(c3ccccc3)c3ccc(-c4ccc(N(c5ccccc5)c5cccc(N(c6ccccc6)c6ccccc6)c5)cc4)cc3)cc2)cc1. The first-order valence-electron chi connectivity index (χ1n) is 19.5. The van der Waals surface area contributed by atoms with Gasteiger partial charge in [-0.3, -0.25) is 0 Å². The molecule has 278 valence electrons. The molecule has 9 aromatic rings. The fraction of sp³-hybridized carbons (Fsp3) is 0. The van der Waals surface area contributed by atoms with Crippen LogP contribution in [-0.4, -0.2) is 15.0 Å². The molecule has 9 rings (SSSR count). The van der Waals surface area contributed by atoms with Crippen molar-refractivity contribution in [3.63, 3.8) is 0 Å². The van der Waals surface area contributed by atoms with Crippen molar-refractivity contribution in [2.75, 3.05) is 14.7 Å². The molecule has 0 heterocycles. The third-order valence-electron chi connectivity index (χ3n) is 10.1. The molecule has 0 radical (unpaired) electrons. The fourth-order valence-corrected chi connectivity index (χ4v) is 9.07. The Morgan fingerprint density at radius 1 is 0.207 bits per heavy atom. The second kappa shape index (κ2) is 17.4. The van der Waals surface area contributed by atoms with Gasteiger partial charge >= 0.3 is 190 Å². The van der Waals surface area contributed by atoms with E-state index in [1.54, 1.807) is 0 Å². The summed E-state index contributed by atoms with van der Waals surface area (Å²) in [7, 11) is 0. The Morgan fingerprint density at radius 3 is 0.828 bits per heavy atom. The number of nitrogens with zero attached hydrogens (tertiary/aromatic N) is 3. The molecule has 9 aromatic carbocycles. The van der Waals surface area contributed by atoms with Crippen LogP contribution >= 0.6 is 0 Å². The summed E-state index contributed by atoms with van der Waals surface area (Å²) < 4.78 is 2.73. The second-order valence-electron chi connectivity index (χ2n) is 13.9. The molecule has 0 amide bonds. The average Bonchev–Trinajstić information content (AvgIpc) is 3.30. The molecule has 0 bridgehead atoms. The van der Waals surface area contributed by atoms with Crippen LogP contribution in [0, 0.1) is 0 Å². The van der Waals surface area contributed by atoms with Gasteiger partial charge in [0, 0.05) is 34.1 Å². The molecule has 0 unspecified atom stereocenters. The van der Waals surface area contributed by atoms with Gasteiger partial charge in [0.2, 0.25) is 0 Å². The Kier molecular flexibility index (Phi) is 10.9. The zero-order valence-corrected chi connectivity index (χ0v) is 33.6. The van der Waals surface area contributed by atoms with E-state index in [1.807, 2.05) is 0 Å². The Balaban J connectivity index is 1.01. The molecule has 0 saturated heterocycles. The van der Waals surface area contributed by atoms with Crippen LogP contribution in [0.1, 0.15) is 0 Å². The van der Waals surface area contributed by atoms with Gasteiger partial charge in [0.15, 0.2) is 0 Å². The Hall–Kier alpha value is -7.10. The zero-order chi connectivity index (χ0) is 38.9. The van der Waals surface area contributed by atoms with Crippen molar-refractivity contribution in [3.05, 3.63) is 249 Å². The van der Waals surface area contributed by atoms with Crippen LogP contribution in [0.3, 0.4) is 0 Å². The van der Waals surface area contributed by atoms with E-state index in [1.165, 1.54) is 14.5 Å². The minimum atomic E-state index is 0.267. The van der Waals surface area contributed by atoms with Gasteiger partial charge in [-0.15, -0.1) is 0 Å². The van der Waals surface area contributed by atoms with Crippen molar-refractivity contribution in [3.8, 4) is 11.1 Å². The second-order valence-corrected chi connectivity index (χ2v) is 16.3. The van der Waals surface area contributed by atoms with Crippen LogP contribution in [0.2, 0.25) is 0 Å². The standard InChI is InChI=1S/C54H41N3Se/c1-6-17-44(18-7-1)55(50-37-39-54(40-38-50)58-53-27-14-5-15-28-53)48-33-29-42(30-34-48)43-31-35-49(36-32-43)57(47-23-12-4-13-24-47)52-26-16-25-51(41-52)56(45-19-8-2-9-20-45)46-21-10-3-11-22-46/h1-41H. The third kappa shape index (κ3) is 8.21. The van der Waals surface area contributed by atoms with Gasteiger partial charge in [0.05, 0.1) is 0 Å². The Labute approximate surface area is 347 Å². The van der Waals surface area contributed by atoms with Gasteiger partial charge in [-0.1, -0.05) is 60.7 Å². The van der Waals surface area contributed by atoms with Crippen LogP contribution in [0.5, 0.6) is 0 Å². The number of benzene rings is 9. The first-order chi connectivity index (χ1) is 28.8. The van der Waals surface area contributed by atoms with E-state index >= 15 is 0 Å². The van der Waals surface area contributed by atoms with E-state index in [0.717, 1.165) is 56.7 Å². The quantitative estimate of drug-likeness (QED) is 0.114. The molecule has 0 aliphatic heterocycles. The summed E-state index contributed by atoms with van der Waals surface area (Å²) in [6.45, 7) is 0. The predicted octanol–water partition coefficient (Wildman–Crippen LogP) is 13.4. The van der Waals surface area contributed by atoms with Crippen LogP contribution < -0.4 is 23.6 Å². The average molecular weight is 811 g/mol. The molecule has 0 aromatic heterocycles. The number of para-hydroxylation sites is 4. The molecule has 0 N–H and O–H groups in total. The summed E-state index contributed by atoms with van der Waals surface area (Å²) in [6, 6.07) is 88.7. The summed E-state index contributed by atoms with van der Waals surface area (Å²) >= 11 is 0.267. The number of rotatable bonds is 12. The summed E-state index contributed by atoms with van der Waals surface area (Å²) in [5.74, 6) is 0. The minimum absolute atomic E-state index is 0.267. The molecule has 0 spiro atoms. The van der Waals surface area contributed by atoms with E-state index in [2.05, 4.69) is 263 Å². The van der Waals surface area contributed by atoms with Crippen LogP contribution in [0.15, 0.2) is 249 Å². The van der Waals surface area contributed by atoms with Gasteiger partial charge in [0.1, 0.15) is 0 Å². The molecular formula is C54H41N3Se. The van der Waals surface area contributed by atoms with Crippen molar-refractivity contribution in [2.24, 2.45) is 0 Å². The molecule has 0 aliphatic rings. The molecule has 0 aliphatic carbocycles. The monoisotopic (exact) mass is 811 g/mol. The molecule has 0 fully saturated rings. The molecule has 4 heteroatoms. The zero-order valence-electron chi connectivity index (χ0n) is 31.9. The van der Waals surface area contributed by atoms with Crippen molar-refractivity contribution in [1.29, 1.82) is 0 Å². The Bertz CT molecular complexity index is 2620. The topological polar surface area (TPSA) is 9.72 Å². The molecule has 58 heavy (non-hydrogen) atoms. The van der Waals surface area contributed by atoms with Crippen LogP contribution in [0.4, 0.5) is 51.2 Å². The van der Waals surface area contributed by atoms with Crippen LogP contribution in [0.25, 0.3) is 11.1 Å². The first-order valence-corrected chi connectivity index (χ1v) is 21.2. The number of hydrogen-bond donors (Lipinski definition) is 0. The molecule has 3 nitrogen and oxygen atoms in total. The summed E-state index contributed by atoms with van der Waals surface area (Å²) in [5, 5.41) is 0. The van der Waals surface area contributed by atoms with E-state index < -0.39 is 0 Å². The molecular weight excluding hydrogens is 770 g/mol. The maximum atomic E-state index is 2.33. The number of anilines is 9. The van der Waals surface area contributed by atoms with Gasteiger partial charge in [-0.2, -0.15) is 0 Å². The van der Waals surface area contributed by atoms with Crippen molar-refractivity contribution < 1.29 is 0 Å². The first kappa shape index (κ1) is 36.5. The van der Waals surface area contributed by atoms with E-state index in [9.17, 15) is 0 Å². The van der Waals surface area contributed by atoms with E-state index in [-0.39, 0.29) is 15.0 Å². The van der Waals surface area contributed by atoms with Crippen molar-refractivity contribution >= 4 is 75.1 Å². The van der Waals surface area contributed by atoms with Crippen LogP contribution in [-0.2, 0) is 0 Å².